The molecule has 2 saturated heterocycles. The van der Waals surface area contributed by atoms with Crippen LogP contribution in [0.4, 0.5) is 0 Å². The smallest absolute Gasteiger partial charge is 0.228 e. The van der Waals surface area contributed by atoms with Gasteiger partial charge in [0.1, 0.15) is 0 Å². The van der Waals surface area contributed by atoms with Crippen LogP contribution in [0.15, 0.2) is 0 Å². The van der Waals surface area contributed by atoms with E-state index in [4.69, 9.17) is 4.74 Å². The molecular weight excluding hydrogens is 186 g/mol. The van der Waals surface area contributed by atoms with E-state index in [1.54, 1.807) is 0 Å². The van der Waals surface area contributed by atoms with Gasteiger partial charge in [0.15, 0.2) is 0 Å². The third kappa shape index (κ3) is 2.17. The summed E-state index contributed by atoms with van der Waals surface area (Å²) in [5, 5.41) is 0. The number of rotatable bonds is 1. The highest BCUT2D eigenvalue weighted by Gasteiger charge is 2.28. The number of ether oxygens (including phenoxy) is 1. The van der Waals surface area contributed by atoms with Gasteiger partial charge < -0.3 is 9.64 Å². The van der Waals surface area contributed by atoms with Gasteiger partial charge in [-0.05, 0) is 12.8 Å². The molecule has 0 radical (unpaired) electrons. The van der Waals surface area contributed by atoms with Gasteiger partial charge in [0.25, 0.3) is 0 Å². The van der Waals surface area contributed by atoms with Crippen LogP contribution in [-0.2, 0) is 9.53 Å². The fraction of sp³-hybridized carbons (Fsp3) is 0.889. The van der Waals surface area contributed by atoms with E-state index in [9.17, 15) is 4.79 Å². The third-order valence-corrected chi connectivity index (χ3v) is 3.54. The van der Waals surface area contributed by atoms with E-state index in [-0.39, 0.29) is 5.92 Å². The van der Waals surface area contributed by atoms with Crippen molar-refractivity contribution in [2.45, 2.75) is 12.8 Å². The average molecular weight is 201 g/mol. The number of hydrogen-bond acceptors (Lipinski definition) is 3. The summed E-state index contributed by atoms with van der Waals surface area (Å²) in [5.74, 6) is 2.44. The van der Waals surface area contributed by atoms with Crippen molar-refractivity contribution in [2.24, 2.45) is 5.92 Å². The zero-order valence-corrected chi connectivity index (χ0v) is 8.52. The highest BCUT2D eigenvalue weighted by Crippen LogP contribution is 2.21. The SMILES string of the molecule is O=C(C1CCCOC1)N1CCSC1. The zero-order chi connectivity index (χ0) is 9.10. The van der Waals surface area contributed by atoms with Gasteiger partial charge in [-0.15, -0.1) is 11.8 Å². The first-order valence-corrected chi connectivity index (χ1v) is 5.97. The molecule has 0 spiro atoms. The molecule has 0 N–H and O–H groups in total. The molecule has 0 saturated carbocycles. The van der Waals surface area contributed by atoms with Gasteiger partial charge in [0.05, 0.1) is 18.4 Å². The van der Waals surface area contributed by atoms with Crippen LogP contribution in [-0.4, -0.2) is 42.2 Å². The van der Waals surface area contributed by atoms with Crippen molar-refractivity contribution in [1.29, 1.82) is 0 Å². The van der Waals surface area contributed by atoms with Crippen molar-refractivity contribution in [3.8, 4) is 0 Å². The predicted octanol–water partition coefficient (Wildman–Crippen LogP) is 0.946. The van der Waals surface area contributed by atoms with E-state index in [0.717, 1.165) is 37.6 Å². The Bertz CT molecular complexity index is 186. The zero-order valence-electron chi connectivity index (χ0n) is 7.70. The summed E-state index contributed by atoms with van der Waals surface area (Å²) in [5.41, 5.74) is 0. The van der Waals surface area contributed by atoms with E-state index in [0.29, 0.717) is 12.5 Å². The lowest BCUT2D eigenvalue weighted by Gasteiger charge is -2.25. The van der Waals surface area contributed by atoms with Crippen LogP contribution >= 0.6 is 11.8 Å². The Morgan fingerprint density at radius 3 is 3.08 bits per heavy atom. The maximum absolute atomic E-state index is 11.8. The van der Waals surface area contributed by atoms with Crippen molar-refractivity contribution in [1.82, 2.24) is 4.90 Å². The van der Waals surface area contributed by atoms with Crippen molar-refractivity contribution < 1.29 is 9.53 Å². The van der Waals surface area contributed by atoms with E-state index in [1.165, 1.54) is 0 Å². The summed E-state index contributed by atoms with van der Waals surface area (Å²) in [6.45, 7) is 2.40. The van der Waals surface area contributed by atoms with Crippen LogP contribution in [0.2, 0.25) is 0 Å². The lowest BCUT2D eigenvalue weighted by Crippen LogP contribution is -2.37. The molecule has 1 unspecified atom stereocenters. The Morgan fingerprint density at radius 1 is 1.54 bits per heavy atom. The maximum Gasteiger partial charge on any atom is 0.228 e. The average Bonchev–Trinajstić information content (AvgIpc) is 2.71. The lowest BCUT2D eigenvalue weighted by molar-refractivity contribution is -0.138. The first kappa shape index (κ1) is 9.34. The predicted molar refractivity (Wildman–Crippen MR) is 52.6 cm³/mol. The third-order valence-electron chi connectivity index (χ3n) is 2.57. The molecule has 1 atom stereocenters. The molecule has 0 aromatic carbocycles. The molecule has 2 aliphatic heterocycles. The fourth-order valence-corrected chi connectivity index (χ4v) is 2.74. The molecule has 0 aromatic rings. The van der Waals surface area contributed by atoms with Crippen LogP contribution in [0.1, 0.15) is 12.8 Å². The number of amides is 1. The van der Waals surface area contributed by atoms with Gasteiger partial charge in [0, 0.05) is 18.9 Å². The van der Waals surface area contributed by atoms with E-state index >= 15 is 0 Å². The monoisotopic (exact) mass is 201 g/mol. The first-order chi connectivity index (χ1) is 6.38. The fourth-order valence-electron chi connectivity index (χ4n) is 1.78. The van der Waals surface area contributed by atoms with Crippen molar-refractivity contribution in [2.75, 3.05) is 31.4 Å². The molecule has 4 heteroatoms. The van der Waals surface area contributed by atoms with E-state index < -0.39 is 0 Å². The minimum absolute atomic E-state index is 0.146. The van der Waals surface area contributed by atoms with E-state index in [2.05, 4.69) is 0 Å². The van der Waals surface area contributed by atoms with Crippen LogP contribution < -0.4 is 0 Å². The van der Waals surface area contributed by atoms with E-state index in [1.807, 2.05) is 16.7 Å². The van der Waals surface area contributed by atoms with Crippen LogP contribution in [0.25, 0.3) is 0 Å². The van der Waals surface area contributed by atoms with Crippen LogP contribution in [0.3, 0.4) is 0 Å². The molecule has 0 aromatic heterocycles. The maximum atomic E-state index is 11.8. The summed E-state index contributed by atoms with van der Waals surface area (Å²) in [6.07, 6.45) is 2.05. The standard InChI is InChI=1S/C9H15NO2S/c11-9(10-3-5-13-7-10)8-2-1-4-12-6-8/h8H,1-7H2. The van der Waals surface area contributed by atoms with Gasteiger partial charge in [-0.3, -0.25) is 4.79 Å². The molecule has 2 fully saturated rings. The van der Waals surface area contributed by atoms with Gasteiger partial charge in [0.2, 0.25) is 5.91 Å². The Kier molecular flexibility index (Phi) is 3.11. The molecule has 74 valence electrons. The second-order valence-electron chi connectivity index (χ2n) is 3.55. The number of carbonyl (C=O) groups is 1. The van der Waals surface area contributed by atoms with Gasteiger partial charge >= 0.3 is 0 Å². The highest BCUT2D eigenvalue weighted by atomic mass is 32.2. The molecule has 0 bridgehead atoms. The van der Waals surface area contributed by atoms with Crippen LogP contribution in [0.5, 0.6) is 0 Å². The lowest BCUT2D eigenvalue weighted by atomic mass is 10.0. The number of thioether (sulfide) groups is 1. The minimum Gasteiger partial charge on any atom is -0.381 e. The minimum atomic E-state index is 0.146. The molecule has 2 heterocycles. The summed E-state index contributed by atoms with van der Waals surface area (Å²) in [4.78, 5) is 13.8. The number of nitrogens with zero attached hydrogens (tertiary/aromatic N) is 1. The second-order valence-corrected chi connectivity index (χ2v) is 4.63. The summed E-state index contributed by atoms with van der Waals surface area (Å²) < 4.78 is 5.31. The Balaban J connectivity index is 1.87. The summed E-state index contributed by atoms with van der Waals surface area (Å²) in [6, 6.07) is 0. The van der Waals surface area contributed by atoms with Crippen molar-refractivity contribution in [3.63, 3.8) is 0 Å². The van der Waals surface area contributed by atoms with Gasteiger partial charge in [-0.1, -0.05) is 0 Å². The molecule has 1 amide bonds. The summed E-state index contributed by atoms with van der Waals surface area (Å²) >= 11 is 1.84. The number of hydrogen-bond donors (Lipinski definition) is 0. The molecule has 3 nitrogen and oxygen atoms in total. The Morgan fingerprint density at radius 2 is 2.46 bits per heavy atom. The highest BCUT2D eigenvalue weighted by molar-refractivity contribution is 7.99. The normalized spacial score (nSPS) is 29.2. The molecular formula is C9H15NO2S. The first-order valence-electron chi connectivity index (χ1n) is 4.82. The van der Waals surface area contributed by atoms with Crippen molar-refractivity contribution in [3.05, 3.63) is 0 Å². The topological polar surface area (TPSA) is 29.5 Å². The molecule has 13 heavy (non-hydrogen) atoms. The Hall–Kier alpha value is -0.220. The quantitative estimate of drug-likeness (QED) is 0.632. The molecule has 0 aliphatic carbocycles. The van der Waals surface area contributed by atoms with Gasteiger partial charge in [-0.2, -0.15) is 0 Å². The van der Waals surface area contributed by atoms with Crippen molar-refractivity contribution >= 4 is 17.7 Å². The molecule has 2 rings (SSSR count). The molecule has 2 aliphatic rings. The van der Waals surface area contributed by atoms with Crippen LogP contribution in [0, 0.1) is 5.92 Å². The Labute approximate surface area is 82.8 Å². The van der Waals surface area contributed by atoms with Gasteiger partial charge in [-0.25, -0.2) is 0 Å². The second kappa shape index (κ2) is 4.33. The number of carbonyl (C=O) groups excluding carboxylic acids is 1. The largest absolute Gasteiger partial charge is 0.381 e. The summed E-state index contributed by atoms with van der Waals surface area (Å²) in [7, 11) is 0.